The van der Waals surface area contributed by atoms with E-state index in [-0.39, 0.29) is 11.6 Å². The van der Waals surface area contributed by atoms with E-state index < -0.39 is 0 Å². The molecule has 0 aliphatic carbocycles. The third-order valence-corrected chi connectivity index (χ3v) is 2.36. The van der Waals surface area contributed by atoms with Gasteiger partial charge in [-0.25, -0.2) is 4.39 Å². The first-order chi connectivity index (χ1) is 7.25. The minimum atomic E-state index is -0.373. The average molecular weight is 271 g/mol. The van der Waals surface area contributed by atoms with E-state index in [4.69, 9.17) is 9.15 Å². The maximum atomic E-state index is 13.2. The summed E-state index contributed by atoms with van der Waals surface area (Å²) in [6, 6.07) is 6.35. The van der Waals surface area contributed by atoms with Gasteiger partial charge in [0, 0.05) is 10.0 Å². The molecular weight excluding hydrogens is 263 g/mol. The third-order valence-electron chi connectivity index (χ3n) is 1.87. The number of hydrogen-bond acceptors (Lipinski definition) is 2. The van der Waals surface area contributed by atoms with Crippen molar-refractivity contribution in [1.29, 1.82) is 0 Å². The van der Waals surface area contributed by atoms with Gasteiger partial charge in [0.25, 0.3) is 0 Å². The average Bonchev–Trinajstić information content (AvgIpc) is 2.72. The van der Waals surface area contributed by atoms with Crippen molar-refractivity contribution in [2.75, 3.05) is 0 Å². The van der Waals surface area contributed by atoms with Crippen LogP contribution in [0.4, 0.5) is 4.39 Å². The fourth-order valence-electron chi connectivity index (χ4n) is 1.12. The highest BCUT2D eigenvalue weighted by Crippen LogP contribution is 2.23. The van der Waals surface area contributed by atoms with Crippen LogP contribution < -0.4 is 4.74 Å². The van der Waals surface area contributed by atoms with Gasteiger partial charge >= 0.3 is 0 Å². The van der Waals surface area contributed by atoms with Crippen molar-refractivity contribution < 1.29 is 13.5 Å². The van der Waals surface area contributed by atoms with Gasteiger partial charge in [-0.2, -0.15) is 0 Å². The summed E-state index contributed by atoms with van der Waals surface area (Å²) >= 11 is 3.25. The molecule has 4 heteroatoms. The summed E-state index contributed by atoms with van der Waals surface area (Å²) in [7, 11) is 0. The highest BCUT2D eigenvalue weighted by Gasteiger charge is 2.04. The lowest BCUT2D eigenvalue weighted by Gasteiger charge is -2.05. The van der Waals surface area contributed by atoms with Gasteiger partial charge < -0.3 is 9.15 Å². The summed E-state index contributed by atoms with van der Waals surface area (Å²) in [5.41, 5.74) is 0.870. The third kappa shape index (κ3) is 2.59. The molecule has 0 amide bonds. The molecule has 0 fully saturated rings. The minimum absolute atomic E-state index is 0.227. The van der Waals surface area contributed by atoms with Gasteiger partial charge in [0.1, 0.15) is 6.61 Å². The van der Waals surface area contributed by atoms with Crippen molar-refractivity contribution in [3.63, 3.8) is 0 Å². The number of rotatable bonds is 3. The monoisotopic (exact) mass is 270 g/mol. The van der Waals surface area contributed by atoms with E-state index in [2.05, 4.69) is 15.9 Å². The lowest BCUT2D eigenvalue weighted by Crippen LogP contribution is -1.95. The second kappa shape index (κ2) is 4.49. The van der Waals surface area contributed by atoms with Gasteiger partial charge in [-0.05, 0) is 24.3 Å². The quantitative estimate of drug-likeness (QED) is 0.848. The van der Waals surface area contributed by atoms with Gasteiger partial charge in [-0.1, -0.05) is 15.9 Å². The molecule has 1 aromatic heterocycles. The normalized spacial score (nSPS) is 10.3. The first-order valence-corrected chi connectivity index (χ1v) is 5.14. The Labute approximate surface area is 94.8 Å². The molecule has 0 N–H and O–H groups in total. The molecule has 2 rings (SSSR count). The van der Waals surface area contributed by atoms with Crippen LogP contribution in [0.5, 0.6) is 5.75 Å². The number of furan rings is 1. The molecule has 0 spiro atoms. The van der Waals surface area contributed by atoms with Crippen molar-refractivity contribution in [2.45, 2.75) is 6.61 Å². The highest BCUT2D eigenvalue weighted by atomic mass is 79.9. The molecule has 0 radical (unpaired) electrons. The summed E-state index contributed by atoms with van der Waals surface area (Å²) in [5.74, 6) is -0.146. The molecule has 0 unspecified atom stereocenters. The number of benzene rings is 1. The first kappa shape index (κ1) is 10.2. The van der Waals surface area contributed by atoms with Crippen molar-refractivity contribution in [1.82, 2.24) is 0 Å². The SMILES string of the molecule is Fc1ccc(Br)cc1OCc1ccoc1. The predicted molar refractivity (Wildman–Crippen MR) is 57.1 cm³/mol. The summed E-state index contributed by atoms with van der Waals surface area (Å²) in [4.78, 5) is 0. The van der Waals surface area contributed by atoms with Crippen molar-refractivity contribution >= 4 is 15.9 Å². The van der Waals surface area contributed by atoms with Gasteiger partial charge in [0.05, 0.1) is 12.5 Å². The molecule has 2 nitrogen and oxygen atoms in total. The maximum absolute atomic E-state index is 13.2. The van der Waals surface area contributed by atoms with Gasteiger partial charge in [0.2, 0.25) is 0 Å². The molecular formula is C11H8BrFO2. The second-order valence-electron chi connectivity index (χ2n) is 3.00. The Balaban J connectivity index is 2.07. The number of hydrogen-bond donors (Lipinski definition) is 0. The summed E-state index contributed by atoms with van der Waals surface area (Å²) < 4.78 is 24.2. The summed E-state index contributed by atoms with van der Waals surface area (Å²) in [6.07, 6.45) is 3.12. The first-order valence-electron chi connectivity index (χ1n) is 4.34. The van der Waals surface area contributed by atoms with E-state index in [1.54, 1.807) is 30.7 Å². The largest absolute Gasteiger partial charge is 0.486 e. The van der Waals surface area contributed by atoms with Crippen molar-refractivity contribution in [2.24, 2.45) is 0 Å². The Hall–Kier alpha value is -1.29. The zero-order chi connectivity index (χ0) is 10.7. The molecule has 0 atom stereocenters. The van der Waals surface area contributed by atoms with Crippen LogP contribution in [0.15, 0.2) is 45.7 Å². The summed E-state index contributed by atoms with van der Waals surface area (Å²) in [6.45, 7) is 0.296. The van der Waals surface area contributed by atoms with Crippen molar-refractivity contribution in [3.05, 3.63) is 52.6 Å². The van der Waals surface area contributed by atoms with Crippen LogP contribution in [-0.4, -0.2) is 0 Å². The van der Waals surface area contributed by atoms with Crippen LogP contribution in [0.2, 0.25) is 0 Å². The molecule has 0 aliphatic rings. The molecule has 1 aromatic carbocycles. The zero-order valence-electron chi connectivity index (χ0n) is 7.74. The Bertz CT molecular complexity index is 440. The highest BCUT2D eigenvalue weighted by molar-refractivity contribution is 9.10. The molecule has 0 saturated carbocycles. The second-order valence-corrected chi connectivity index (χ2v) is 3.91. The Morgan fingerprint density at radius 1 is 1.33 bits per heavy atom. The van der Waals surface area contributed by atoms with Crippen LogP contribution in [0.1, 0.15) is 5.56 Å². The van der Waals surface area contributed by atoms with Crippen LogP contribution in [0, 0.1) is 5.82 Å². The summed E-state index contributed by atoms with van der Waals surface area (Å²) in [5, 5.41) is 0. The smallest absolute Gasteiger partial charge is 0.165 e. The molecule has 15 heavy (non-hydrogen) atoms. The molecule has 78 valence electrons. The topological polar surface area (TPSA) is 22.4 Å². The molecule has 1 heterocycles. The van der Waals surface area contributed by atoms with E-state index in [0.717, 1.165) is 10.0 Å². The number of ether oxygens (including phenoxy) is 1. The van der Waals surface area contributed by atoms with Crippen LogP contribution >= 0.6 is 15.9 Å². The Kier molecular flexibility index (Phi) is 3.06. The fourth-order valence-corrected chi connectivity index (χ4v) is 1.46. The number of halogens is 2. The minimum Gasteiger partial charge on any atom is -0.486 e. The van der Waals surface area contributed by atoms with E-state index in [1.807, 2.05) is 0 Å². The molecule has 2 aromatic rings. The van der Waals surface area contributed by atoms with Crippen LogP contribution in [0.25, 0.3) is 0 Å². The lowest BCUT2D eigenvalue weighted by molar-refractivity contribution is 0.289. The standard InChI is InChI=1S/C11H8BrFO2/c12-9-1-2-10(13)11(5-9)15-7-8-3-4-14-6-8/h1-6H,7H2. The predicted octanol–water partition coefficient (Wildman–Crippen LogP) is 3.76. The van der Waals surface area contributed by atoms with Gasteiger partial charge in [0.15, 0.2) is 11.6 Å². The lowest BCUT2D eigenvalue weighted by atomic mass is 10.3. The van der Waals surface area contributed by atoms with Crippen LogP contribution in [-0.2, 0) is 6.61 Å². The molecule has 0 bridgehead atoms. The van der Waals surface area contributed by atoms with E-state index in [0.29, 0.717) is 6.61 Å². The van der Waals surface area contributed by atoms with Crippen LogP contribution in [0.3, 0.4) is 0 Å². The molecule has 0 saturated heterocycles. The maximum Gasteiger partial charge on any atom is 0.165 e. The van der Waals surface area contributed by atoms with Crippen molar-refractivity contribution in [3.8, 4) is 5.75 Å². The van der Waals surface area contributed by atoms with E-state index >= 15 is 0 Å². The fraction of sp³-hybridized carbons (Fsp3) is 0.0909. The Morgan fingerprint density at radius 2 is 2.20 bits per heavy atom. The van der Waals surface area contributed by atoms with Gasteiger partial charge in [-0.3, -0.25) is 0 Å². The van der Waals surface area contributed by atoms with Gasteiger partial charge in [-0.15, -0.1) is 0 Å². The zero-order valence-corrected chi connectivity index (χ0v) is 9.33. The van der Waals surface area contributed by atoms with E-state index in [1.165, 1.54) is 6.07 Å². The Morgan fingerprint density at radius 3 is 2.93 bits per heavy atom. The molecule has 0 aliphatic heterocycles. The van der Waals surface area contributed by atoms with E-state index in [9.17, 15) is 4.39 Å².